The van der Waals surface area contributed by atoms with Crippen molar-refractivity contribution >= 4 is 11.6 Å². The normalized spacial score (nSPS) is 11.5. The third-order valence-corrected chi connectivity index (χ3v) is 3.55. The number of aromatic nitrogens is 2. The summed E-state index contributed by atoms with van der Waals surface area (Å²) in [5, 5.41) is 14.8. The fourth-order valence-corrected chi connectivity index (χ4v) is 2.64. The van der Waals surface area contributed by atoms with E-state index in [2.05, 4.69) is 5.10 Å². The molecule has 2 aromatic rings. The highest BCUT2D eigenvalue weighted by molar-refractivity contribution is 6.31. The van der Waals surface area contributed by atoms with Crippen LogP contribution in [-0.2, 0) is 11.8 Å². The second kappa shape index (κ2) is 6.40. The third kappa shape index (κ3) is 3.60. The molecular weight excluding hydrogens is 304 g/mol. The van der Waals surface area contributed by atoms with Gasteiger partial charge in [0.05, 0.1) is 6.20 Å². The van der Waals surface area contributed by atoms with Gasteiger partial charge < -0.3 is 9.94 Å². The first-order chi connectivity index (χ1) is 10.3. The Morgan fingerprint density at radius 3 is 2.68 bits per heavy atom. The van der Waals surface area contributed by atoms with E-state index in [9.17, 15) is 9.90 Å². The predicted molar refractivity (Wildman–Crippen MR) is 85.5 cm³/mol. The van der Waals surface area contributed by atoms with Crippen LogP contribution in [0.1, 0.15) is 31.9 Å². The molecule has 0 atom stereocenters. The van der Waals surface area contributed by atoms with E-state index in [4.69, 9.17) is 16.4 Å². The lowest BCUT2D eigenvalue weighted by molar-refractivity contribution is 0.0734. The van der Waals surface area contributed by atoms with Gasteiger partial charge in [-0.3, -0.25) is 4.79 Å². The fourth-order valence-electron chi connectivity index (χ4n) is 2.21. The van der Waals surface area contributed by atoms with Gasteiger partial charge in [0.15, 0.2) is 0 Å². The van der Waals surface area contributed by atoms with E-state index in [0.717, 1.165) is 10.4 Å². The van der Waals surface area contributed by atoms with Gasteiger partial charge in [-0.1, -0.05) is 43.3 Å². The van der Waals surface area contributed by atoms with Gasteiger partial charge in [-0.25, -0.2) is 0 Å². The van der Waals surface area contributed by atoms with Crippen LogP contribution in [0.3, 0.4) is 0 Å². The molecule has 1 N–H and O–H groups in total. The third-order valence-electron chi connectivity index (χ3n) is 3.23. The Hall–Kier alpha value is -2.01. The van der Waals surface area contributed by atoms with Crippen LogP contribution in [0.25, 0.3) is 0 Å². The highest BCUT2D eigenvalue weighted by Crippen LogP contribution is 2.38. The maximum Gasteiger partial charge on any atom is 0.303 e. The van der Waals surface area contributed by atoms with Crippen LogP contribution in [0.15, 0.2) is 35.3 Å². The van der Waals surface area contributed by atoms with Gasteiger partial charge in [-0.2, -0.15) is 0 Å². The van der Waals surface area contributed by atoms with Crippen molar-refractivity contribution in [2.24, 2.45) is 0 Å². The van der Waals surface area contributed by atoms with Crippen LogP contribution < -0.4 is 10.4 Å². The highest BCUT2D eigenvalue weighted by atomic mass is 35.5. The van der Waals surface area contributed by atoms with Gasteiger partial charge in [-0.15, -0.1) is 5.10 Å². The maximum atomic E-state index is 11.5. The summed E-state index contributed by atoms with van der Waals surface area (Å²) >= 11 is 6.19. The van der Waals surface area contributed by atoms with Crippen LogP contribution in [0.4, 0.5) is 0 Å². The van der Waals surface area contributed by atoms with E-state index in [1.807, 2.05) is 20.8 Å². The summed E-state index contributed by atoms with van der Waals surface area (Å²) in [6, 6.07) is 6.44. The van der Waals surface area contributed by atoms with Crippen molar-refractivity contribution in [1.29, 1.82) is 0 Å². The van der Waals surface area contributed by atoms with Crippen molar-refractivity contribution < 1.29 is 9.94 Å². The lowest BCUT2D eigenvalue weighted by Gasteiger charge is -2.23. The molecule has 1 aromatic heterocycles. The van der Waals surface area contributed by atoms with E-state index in [0.29, 0.717) is 17.0 Å². The molecule has 2 rings (SSSR count). The van der Waals surface area contributed by atoms with Gasteiger partial charge in [-0.05, 0) is 23.1 Å². The van der Waals surface area contributed by atoms with E-state index in [1.54, 1.807) is 18.2 Å². The second-order valence-corrected chi connectivity index (χ2v) is 6.41. The smallest absolute Gasteiger partial charge is 0.303 e. The molecular formula is C16H19ClN2O3. The molecule has 0 unspecified atom stereocenters. The van der Waals surface area contributed by atoms with Crippen LogP contribution in [0.5, 0.6) is 5.75 Å². The lowest BCUT2D eigenvalue weighted by Crippen LogP contribution is -2.29. The number of hydrogen-bond acceptors (Lipinski definition) is 4. The Bertz CT molecular complexity index is 720. The van der Waals surface area contributed by atoms with Crippen molar-refractivity contribution in [2.75, 3.05) is 6.61 Å². The Labute approximate surface area is 134 Å². The molecule has 1 heterocycles. The minimum atomic E-state index is -0.335. The summed E-state index contributed by atoms with van der Waals surface area (Å²) in [4.78, 5) is 17.7. The molecule has 5 nitrogen and oxygen atoms in total. The summed E-state index contributed by atoms with van der Waals surface area (Å²) < 4.78 is 0. The summed E-state index contributed by atoms with van der Waals surface area (Å²) in [5.74, 6) is 0.178. The molecule has 0 radical (unpaired) electrons. The minimum Gasteiger partial charge on any atom is -0.507 e. The summed E-state index contributed by atoms with van der Waals surface area (Å²) in [6.45, 7) is 6.18. The quantitative estimate of drug-likeness (QED) is 0.939. The van der Waals surface area contributed by atoms with Crippen molar-refractivity contribution in [3.8, 4) is 5.75 Å². The Kier molecular flexibility index (Phi) is 4.76. The fraction of sp³-hybridized carbons (Fsp3) is 0.375. The van der Waals surface area contributed by atoms with Gasteiger partial charge in [0.1, 0.15) is 12.4 Å². The zero-order valence-electron chi connectivity index (χ0n) is 12.8. The van der Waals surface area contributed by atoms with E-state index >= 15 is 0 Å². The Balaban J connectivity index is 2.14. The first-order valence-corrected chi connectivity index (χ1v) is 7.37. The number of phenolic OH excluding ortho intramolecular Hbond substituents is 1. The Morgan fingerprint density at radius 2 is 2.05 bits per heavy atom. The molecule has 0 aliphatic carbocycles. The van der Waals surface area contributed by atoms with Gasteiger partial charge in [0, 0.05) is 23.1 Å². The monoisotopic (exact) mass is 322 g/mol. The molecule has 0 bridgehead atoms. The van der Waals surface area contributed by atoms with E-state index in [1.165, 1.54) is 12.3 Å². The van der Waals surface area contributed by atoms with Crippen LogP contribution in [-0.4, -0.2) is 21.7 Å². The standard InChI is InChI=1S/C16H19ClN2O3/c1-16(2,3)14-12(17)7-6-11(15(14)21)8-10-22-19-13(20)5-4-9-18-19/h4-7,9,21H,8,10H2,1-3H3. The van der Waals surface area contributed by atoms with Gasteiger partial charge in [0.25, 0.3) is 0 Å². The summed E-state index contributed by atoms with van der Waals surface area (Å²) in [5.41, 5.74) is 0.828. The van der Waals surface area contributed by atoms with Crippen molar-refractivity contribution in [1.82, 2.24) is 9.94 Å². The van der Waals surface area contributed by atoms with Crippen molar-refractivity contribution in [2.45, 2.75) is 32.6 Å². The number of aromatic hydroxyl groups is 1. The van der Waals surface area contributed by atoms with Crippen molar-refractivity contribution in [3.63, 3.8) is 0 Å². The zero-order chi connectivity index (χ0) is 16.3. The average molecular weight is 323 g/mol. The van der Waals surface area contributed by atoms with Crippen LogP contribution >= 0.6 is 11.6 Å². The molecule has 0 saturated heterocycles. The summed E-state index contributed by atoms with van der Waals surface area (Å²) in [6.07, 6.45) is 1.91. The van der Waals surface area contributed by atoms with Crippen LogP contribution in [0.2, 0.25) is 5.02 Å². The molecule has 1 aromatic carbocycles. The molecule has 0 fully saturated rings. The maximum absolute atomic E-state index is 11.5. The first-order valence-electron chi connectivity index (χ1n) is 6.99. The second-order valence-electron chi connectivity index (χ2n) is 6.00. The minimum absolute atomic E-state index is 0.178. The molecule has 0 saturated carbocycles. The predicted octanol–water partition coefficient (Wildman–Crippen LogP) is 2.57. The molecule has 118 valence electrons. The van der Waals surface area contributed by atoms with E-state index in [-0.39, 0.29) is 23.3 Å². The van der Waals surface area contributed by atoms with Crippen LogP contribution in [0, 0.1) is 0 Å². The number of rotatable bonds is 4. The van der Waals surface area contributed by atoms with Gasteiger partial charge >= 0.3 is 5.56 Å². The average Bonchev–Trinajstić information content (AvgIpc) is 2.42. The number of phenols is 1. The molecule has 6 heteroatoms. The molecule has 0 amide bonds. The number of hydrogen-bond donors (Lipinski definition) is 1. The molecule has 0 aliphatic rings. The largest absolute Gasteiger partial charge is 0.507 e. The molecule has 0 spiro atoms. The SMILES string of the molecule is CC(C)(C)c1c(Cl)ccc(CCOn2ncccc2=O)c1O. The number of benzene rings is 1. The number of nitrogens with zero attached hydrogens (tertiary/aromatic N) is 2. The van der Waals surface area contributed by atoms with Gasteiger partial charge in [0.2, 0.25) is 0 Å². The summed E-state index contributed by atoms with van der Waals surface area (Å²) in [7, 11) is 0. The number of halogens is 1. The highest BCUT2D eigenvalue weighted by Gasteiger charge is 2.23. The molecule has 22 heavy (non-hydrogen) atoms. The first kappa shape index (κ1) is 16.4. The Morgan fingerprint density at radius 1 is 1.32 bits per heavy atom. The van der Waals surface area contributed by atoms with Crippen molar-refractivity contribution in [3.05, 3.63) is 57.0 Å². The molecule has 0 aliphatic heterocycles. The lowest BCUT2D eigenvalue weighted by atomic mass is 9.85. The zero-order valence-corrected chi connectivity index (χ0v) is 13.6. The van der Waals surface area contributed by atoms with E-state index < -0.39 is 0 Å². The topological polar surface area (TPSA) is 64.4 Å².